The first-order valence-corrected chi connectivity index (χ1v) is 6.43. The van der Waals surface area contributed by atoms with Crippen LogP contribution in [-0.4, -0.2) is 21.6 Å². The summed E-state index contributed by atoms with van der Waals surface area (Å²) in [6, 6.07) is 6.87. The lowest BCUT2D eigenvalue weighted by Gasteiger charge is -2.08. The summed E-state index contributed by atoms with van der Waals surface area (Å²) in [6.07, 6.45) is 0. The van der Waals surface area contributed by atoms with Crippen LogP contribution in [0.25, 0.3) is 0 Å². The zero-order chi connectivity index (χ0) is 11.3. The molecule has 0 aromatic heterocycles. The molecule has 1 rings (SSSR count). The van der Waals surface area contributed by atoms with Gasteiger partial charge in [0.05, 0.1) is 0 Å². The van der Waals surface area contributed by atoms with Crippen LogP contribution >= 0.6 is 0 Å². The van der Waals surface area contributed by atoms with E-state index in [2.05, 4.69) is 0 Å². The van der Waals surface area contributed by atoms with Crippen LogP contribution in [-0.2, 0) is 16.6 Å². The second kappa shape index (κ2) is 5.88. The van der Waals surface area contributed by atoms with Crippen molar-refractivity contribution in [2.75, 3.05) is 12.3 Å². The number of hydrogen-bond donors (Lipinski definition) is 2. The first-order chi connectivity index (χ1) is 7.11. The molecule has 1 aromatic rings. The van der Waals surface area contributed by atoms with Gasteiger partial charge in [0, 0.05) is 22.3 Å². The van der Waals surface area contributed by atoms with Crippen LogP contribution < -0.4 is 5.73 Å². The van der Waals surface area contributed by atoms with Crippen molar-refractivity contribution < 1.29 is 9.32 Å². The number of phenols is 1. The second-order valence-electron chi connectivity index (χ2n) is 3.76. The van der Waals surface area contributed by atoms with Crippen molar-refractivity contribution in [2.45, 2.75) is 12.7 Å². The molecule has 0 aliphatic rings. The van der Waals surface area contributed by atoms with Gasteiger partial charge in [-0.25, -0.2) is 0 Å². The molecular formula is C11H17NO2S. The van der Waals surface area contributed by atoms with Crippen LogP contribution in [0.4, 0.5) is 0 Å². The molecule has 0 bridgehead atoms. The molecule has 4 heteroatoms. The van der Waals surface area contributed by atoms with Crippen molar-refractivity contribution >= 4 is 10.8 Å². The first kappa shape index (κ1) is 12.2. The Kier molecular flexibility index (Phi) is 4.78. The molecule has 0 saturated carbocycles. The average Bonchev–Trinajstić information content (AvgIpc) is 2.17. The summed E-state index contributed by atoms with van der Waals surface area (Å²) in [7, 11) is -0.900. The molecular weight excluding hydrogens is 210 g/mol. The molecule has 0 fully saturated rings. The summed E-state index contributed by atoms with van der Waals surface area (Å²) in [5, 5.41) is 9.24. The molecule has 0 radical (unpaired) electrons. The molecule has 0 spiro atoms. The SMILES string of the molecule is CC(CN)CS(=O)Cc1cccc(O)c1. The van der Waals surface area contributed by atoms with Crippen molar-refractivity contribution in [3.8, 4) is 5.75 Å². The number of rotatable bonds is 5. The third-order valence-corrected chi connectivity index (χ3v) is 3.71. The van der Waals surface area contributed by atoms with Gasteiger partial charge in [0.1, 0.15) is 5.75 Å². The molecule has 3 nitrogen and oxygen atoms in total. The molecule has 0 saturated heterocycles. The smallest absolute Gasteiger partial charge is 0.115 e. The molecule has 0 aliphatic carbocycles. The predicted molar refractivity (Wildman–Crippen MR) is 63.0 cm³/mol. The third kappa shape index (κ3) is 4.44. The van der Waals surface area contributed by atoms with Gasteiger partial charge in [0.15, 0.2) is 0 Å². The fraction of sp³-hybridized carbons (Fsp3) is 0.455. The normalized spacial score (nSPS) is 14.8. The van der Waals surface area contributed by atoms with E-state index in [1.165, 1.54) is 0 Å². The van der Waals surface area contributed by atoms with Gasteiger partial charge in [0.25, 0.3) is 0 Å². The highest BCUT2D eigenvalue weighted by Gasteiger charge is 2.07. The largest absolute Gasteiger partial charge is 0.508 e. The highest BCUT2D eigenvalue weighted by Crippen LogP contribution is 2.13. The van der Waals surface area contributed by atoms with Crippen LogP contribution in [0.3, 0.4) is 0 Å². The van der Waals surface area contributed by atoms with Crippen molar-refractivity contribution in [3.63, 3.8) is 0 Å². The third-order valence-electron chi connectivity index (χ3n) is 2.11. The molecule has 0 heterocycles. The van der Waals surface area contributed by atoms with Gasteiger partial charge in [0.2, 0.25) is 0 Å². The van der Waals surface area contributed by atoms with Crippen LogP contribution in [0.2, 0.25) is 0 Å². The van der Waals surface area contributed by atoms with Gasteiger partial charge >= 0.3 is 0 Å². The molecule has 0 aliphatic heterocycles. The van der Waals surface area contributed by atoms with Crippen molar-refractivity contribution in [3.05, 3.63) is 29.8 Å². The highest BCUT2D eigenvalue weighted by molar-refractivity contribution is 7.84. The fourth-order valence-corrected chi connectivity index (χ4v) is 2.72. The molecule has 0 amide bonds. The number of nitrogens with two attached hydrogens (primary N) is 1. The Morgan fingerprint density at radius 3 is 2.87 bits per heavy atom. The van der Waals surface area contributed by atoms with E-state index in [1.807, 2.05) is 13.0 Å². The minimum absolute atomic E-state index is 0.219. The van der Waals surface area contributed by atoms with E-state index in [-0.39, 0.29) is 11.7 Å². The molecule has 2 atom stereocenters. The van der Waals surface area contributed by atoms with Gasteiger partial charge in [-0.3, -0.25) is 4.21 Å². The number of phenolic OH excluding ortho intramolecular Hbond substituents is 1. The van der Waals surface area contributed by atoms with Crippen molar-refractivity contribution in [1.29, 1.82) is 0 Å². The topological polar surface area (TPSA) is 63.3 Å². The molecule has 15 heavy (non-hydrogen) atoms. The van der Waals surface area contributed by atoms with Crippen LogP contribution in [0.5, 0.6) is 5.75 Å². The Bertz CT molecular complexity index is 341. The first-order valence-electron chi connectivity index (χ1n) is 4.94. The van der Waals surface area contributed by atoms with Gasteiger partial charge in [-0.1, -0.05) is 19.1 Å². The maximum absolute atomic E-state index is 11.7. The summed E-state index contributed by atoms with van der Waals surface area (Å²) in [5.41, 5.74) is 6.36. The van der Waals surface area contributed by atoms with Crippen LogP contribution in [0.15, 0.2) is 24.3 Å². The minimum atomic E-state index is -0.900. The Hall–Kier alpha value is -0.870. The van der Waals surface area contributed by atoms with Gasteiger partial charge in [-0.2, -0.15) is 0 Å². The van der Waals surface area contributed by atoms with Crippen molar-refractivity contribution in [1.82, 2.24) is 0 Å². The zero-order valence-corrected chi connectivity index (χ0v) is 9.67. The fourth-order valence-electron chi connectivity index (χ4n) is 1.28. The summed E-state index contributed by atoms with van der Waals surface area (Å²) in [4.78, 5) is 0. The molecule has 3 N–H and O–H groups in total. The Labute approximate surface area is 92.8 Å². The molecule has 1 aromatic carbocycles. The summed E-state index contributed by atoms with van der Waals surface area (Å²) < 4.78 is 11.7. The van der Waals surface area contributed by atoms with Crippen molar-refractivity contribution in [2.24, 2.45) is 11.7 Å². The van der Waals surface area contributed by atoms with Gasteiger partial charge in [-0.05, 0) is 30.2 Å². The zero-order valence-electron chi connectivity index (χ0n) is 8.85. The van der Waals surface area contributed by atoms with E-state index in [0.717, 1.165) is 5.56 Å². The minimum Gasteiger partial charge on any atom is -0.508 e. The maximum Gasteiger partial charge on any atom is 0.115 e. The quantitative estimate of drug-likeness (QED) is 0.795. The Morgan fingerprint density at radius 2 is 2.27 bits per heavy atom. The lowest BCUT2D eigenvalue weighted by molar-refractivity contribution is 0.475. The summed E-state index contributed by atoms with van der Waals surface area (Å²) in [5.74, 6) is 1.60. The lowest BCUT2D eigenvalue weighted by atomic mass is 10.2. The number of aromatic hydroxyl groups is 1. The van der Waals surface area contributed by atoms with Gasteiger partial charge in [-0.15, -0.1) is 0 Å². The molecule has 84 valence electrons. The van der Waals surface area contributed by atoms with E-state index in [1.54, 1.807) is 18.2 Å². The highest BCUT2D eigenvalue weighted by atomic mass is 32.2. The molecule has 2 unspecified atom stereocenters. The van der Waals surface area contributed by atoms with E-state index >= 15 is 0 Å². The average molecular weight is 227 g/mol. The number of benzene rings is 1. The van der Waals surface area contributed by atoms with Crippen LogP contribution in [0.1, 0.15) is 12.5 Å². The Morgan fingerprint density at radius 1 is 1.53 bits per heavy atom. The standard InChI is InChI=1S/C11H17NO2S/c1-9(6-12)7-15(14)8-10-3-2-4-11(13)5-10/h2-5,9,13H,6-8,12H2,1H3. The maximum atomic E-state index is 11.7. The van der Waals surface area contributed by atoms with Gasteiger partial charge < -0.3 is 10.8 Å². The lowest BCUT2D eigenvalue weighted by Crippen LogP contribution is -2.18. The monoisotopic (exact) mass is 227 g/mol. The second-order valence-corrected chi connectivity index (χ2v) is 5.26. The Balaban J connectivity index is 2.51. The predicted octanol–water partition coefficient (Wildman–Crippen LogP) is 1.24. The summed E-state index contributed by atoms with van der Waals surface area (Å²) in [6.45, 7) is 2.55. The van der Waals surface area contributed by atoms with E-state index in [4.69, 9.17) is 5.73 Å². The van der Waals surface area contributed by atoms with E-state index in [9.17, 15) is 9.32 Å². The van der Waals surface area contributed by atoms with E-state index in [0.29, 0.717) is 18.1 Å². The van der Waals surface area contributed by atoms with Crippen LogP contribution in [0, 0.1) is 5.92 Å². The summed E-state index contributed by atoms with van der Waals surface area (Å²) >= 11 is 0. The van der Waals surface area contributed by atoms with E-state index < -0.39 is 10.8 Å². The number of hydrogen-bond acceptors (Lipinski definition) is 3.